The van der Waals surface area contributed by atoms with E-state index in [1.165, 1.54) is 12.1 Å². The zero-order valence-corrected chi connectivity index (χ0v) is 22.9. The summed E-state index contributed by atoms with van der Waals surface area (Å²) in [5.41, 5.74) is 1.21. The molecule has 9 heteroatoms. The number of ether oxygens (including phenoxy) is 1. The summed E-state index contributed by atoms with van der Waals surface area (Å²) >= 11 is 0. The van der Waals surface area contributed by atoms with E-state index in [0.29, 0.717) is 22.5 Å². The molecule has 0 radical (unpaired) electrons. The van der Waals surface area contributed by atoms with Crippen LogP contribution in [-0.2, 0) is 10.3 Å². The Morgan fingerprint density at radius 2 is 1.68 bits per heavy atom. The maximum atomic E-state index is 14.0. The fraction of sp³-hybridized carbons (Fsp3) is 0.290. The fourth-order valence-corrected chi connectivity index (χ4v) is 5.17. The Bertz CT molecular complexity index is 1650. The van der Waals surface area contributed by atoms with E-state index in [2.05, 4.69) is 10.6 Å². The molecule has 1 aliphatic carbocycles. The molecular weight excluding hydrogens is 510 g/mol. The quantitative estimate of drug-likeness (QED) is 0.199. The van der Waals surface area contributed by atoms with Gasteiger partial charge in [-0.25, -0.2) is 4.79 Å². The molecule has 0 bridgehead atoms. The zero-order chi connectivity index (χ0) is 28.7. The predicted molar refractivity (Wildman–Crippen MR) is 154 cm³/mol. The zero-order valence-electron chi connectivity index (χ0n) is 22.9. The number of anilines is 1. The minimum Gasteiger partial charge on any atom is -0.453 e. The standard InChI is InChI=1S/C31H31N3O6/c1-30(2,3)40-29(36)33-31(17-8-18-31)21-13-11-19(12-14-21)24-26(35)22-15-16-23(34(37)38)25(32-4)28(22)39-27(24)20-9-6-5-7-10-20/h5-7,9-16,32H,8,17-18H2,1-4H3,(H,33,36). The number of hydrogen-bond acceptors (Lipinski definition) is 7. The average Bonchev–Trinajstić information content (AvgIpc) is 2.89. The van der Waals surface area contributed by atoms with Gasteiger partial charge in [0.05, 0.1) is 21.4 Å². The van der Waals surface area contributed by atoms with Gasteiger partial charge in [0.2, 0.25) is 5.43 Å². The maximum Gasteiger partial charge on any atom is 0.408 e. The first-order valence-electron chi connectivity index (χ1n) is 13.2. The van der Waals surface area contributed by atoms with E-state index in [4.69, 9.17) is 9.15 Å². The number of amides is 1. The third-order valence-corrected chi connectivity index (χ3v) is 7.19. The molecule has 0 spiro atoms. The molecular formula is C31H31N3O6. The monoisotopic (exact) mass is 541 g/mol. The maximum absolute atomic E-state index is 14.0. The molecule has 0 aliphatic heterocycles. The van der Waals surface area contributed by atoms with Gasteiger partial charge in [-0.2, -0.15) is 0 Å². The molecule has 1 aromatic heterocycles. The molecule has 1 amide bonds. The lowest BCUT2D eigenvalue weighted by atomic mass is 9.71. The number of nitrogens with zero attached hydrogens (tertiary/aromatic N) is 1. The molecule has 5 rings (SSSR count). The van der Waals surface area contributed by atoms with Gasteiger partial charge in [-0.05, 0) is 57.2 Å². The molecule has 2 N–H and O–H groups in total. The van der Waals surface area contributed by atoms with Crippen LogP contribution in [0.1, 0.15) is 45.6 Å². The van der Waals surface area contributed by atoms with Crippen LogP contribution in [0.4, 0.5) is 16.2 Å². The average molecular weight is 542 g/mol. The van der Waals surface area contributed by atoms with Crippen molar-refractivity contribution in [2.75, 3.05) is 12.4 Å². The molecule has 1 fully saturated rings. The van der Waals surface area contributed by atoms with E-state index >= 15 is 0 Å². The van der Waals surface area contributed by atoms with E-state index in [1.807, 2.05) is 75.4 Å². The molecule has 1 saturated carbocycles. The van der Waals surface area contributed by atoms with E-state index in [0.717, 1.165) is 24.8 Å². The highest BCUT2D eigenvalue weighted by molar-refractivity contribution is 5.98. The summed E-state index contributed by atoms with van der Waals surface area (Å²) in [4.78, 5) is 37.7. The molecule has 0 saturated heterocycles. The Labute approximate surface area is 231 Å². The Hall–Kier alpha value is -4.66. The van der Waals surface area contributed by atoms with Crippen molar-refractivity contribution < 1.29 is 18.9 Å². The number of nitrogens with one attached hydrogen (secondary N) is 2. The number of benzene rings is 3. The van der Waals surface area contributed by atoms with Crippen LogP contribution in [-0.4, -0.2) is 23.7 Å². The minimum atomic E-state index is -0.607. The van der Waals surface area contributed by atoms with Crippen molar-refractivity contribution in [1.82, 2.24) is 5.32 Å². The Morgan fingerprint density at radius 1 is 1.00 bits per heavy atom. The van der Waals surface area contributed by atoms with Gasteiger partial charge >= 0.3 is 6.09 Å². The van der Waals surface area contributed by atoms with E-state index < -0.39 is 22.2 Å². The van der Waals surface area contributed by atoms with Crippen LogP contribution in [0, 0.1) is 10.1 Å². The van der Waals surface area contributed by atoms with E-state index in [-0.39, 0.29) is 27.8 Å². The lowest BCUT2D eigenvalue weighted by molar-refractivity contribution is -0.383. The van der Waals surface area contributed by atoms with Crippen LogP contribution in [0.3, 0.4) is 0 Å². The number of alkyl carbamates (subject to hydrolysis) is 1. The summed E-state index contributed by atoms with van der Waals surface area (Å²) in [6.45, 7) is 5.48. The van der Waals surface area contributed by atoms with Gasteiger partial charge < -0.3 is 19.8 Å². The van der Waals surface area contributed by atoms with Gasteiger partial charge in [0.15, 0.2) is 11.3 Å². The van der Waals surface area contributed by atoms with Crippen molar-refractivity contribution in [2.24, 2.45) is 0 Å². The molecule has 9 nitrogen and oxygen atoms in total. The van der Waals surface area contributed by atoms with Crippen LogP contribution < -0.4 is 16.1 Å². The Balaban J connectivity index is 1.63. The van der Waals surface area contributed by atoms with Crippen LogP contribution in [0.2, 0.25) is 0 Å². The van der Waals surface area contributed by atoms with Gasteiger partial charge in [0.1, 0.15) is 11.4 Å². The highest BCUT2D eigenvalue weighted by Gasteiger charge is 2.41. The molecule has 0 unspecified atom stereocenters. The summed E-state index contributed by atoms with van der Waals surface area (Å²) in [7, 11) is 1.55. The van der Waals surface area contributed by atoms with Crippen LogP contribution >= 0.6 is 0 Å². The number of rotatable bonds is 6. The first kappa shape index (κ1) is 26.9. The van der Waals surface area contributed by atoms with Crippen molar-refractivity contribution in [3.05, 3.63) is 92.6 Å². The number of carbonyl (C=O) groups is 1. The minimum absolute atomic E-state index is 0.121. The second kappa shape index (κ2) is 10.1. The van der Waals surface area contributed by atoms with E-state index in [9.17, 15) is 19.7 Å². The summed E-state index contributed by atoms with van der Waals surface area (Å²) in [5, 5.41) is 17.8. The van der Waals surface area contributed by atoms with Crippen molar-refractivity contribution in [2.45, 2.75) is 51.2 Å². The van der Waals surface area contributed by atoms with Crippen molar-refractivity contribution in [1.29, 1.82) is 0 Å². The first-order valence-corrected chi connectivity index (χ1v) is 13.2. The van der Waals surface area contributed by atoms with Crippen LogP contribution in [0.25, 0.3) is 33.4 Å². The molecule has 3 aromatic carbocycles. The Kier molecular flexibility index (Phi) is 6.83. The molecule has 40 heavy (non-hydrogen) atoms. The van der Waals surface area contributed by atoms with Crippen molar-refractivity contribution in [3.63, 3.8) is 0 Å². The lowest BCUT2D eigenvalue weighted by Crippen LogP contribution is -2.52. The highest BCUT2D eigenvalue weighted by Crippen LogP contribution is 2.43. The first-order chi connectivity index (χ1) is 19.0. The topological polar surface area (TPSA) is 124 Å². The lowest BCUT2D eigenvalue weighted by Gasteiger charge is -2.43. The molecule has 1 heterocycles. The number of hydrogen-bond donors (Lipinski definition) is 2. The number of nitro benzene ring substituents is 1. The van der Waals surface area contributed by atoms with Crippen molar-refractivity contribution >= 4 is 28.4 Å². The summed E-state index contributed by atoms with van der Waals surface area (Å²) in [6, 6.07) is 19.4. The number of nitro groups is 1. The van der Waals surface area contributed by atoms with Gasteiger partial charge in [0, 0.05) is 18.7 Å². The normalized spacial score (nSPS) is 14.3. The molecule has 0 atom stereocenters. The molecule has 4 aromatic rings. The summed E-state index contributed by atoms with van der Waals surface area (Å²) < 4.78 is 11.8. The third kappa shape index (κ3) is 4.90. The third-order valence-electron chi connectivity index (χ3n) is 7.19. The van der Waals surface area contributed by atoms with Gasteiger partial charge in [-0.1, -0.05) is 54.6 Å². The van der Waals surface area contributed by atoms with Crippen LogP contribution in [0.15, 0.2) is 75.9 Å². The van der Waals surface area contributed by atoms with Gasteiger partial charge in [-0.15, -0.1) is 0 Å². The number of carbonyl (C=O) groups excluding carboxylic acids is 1. The second-order valence-electron chi connectivity index (χ2n) is 11.0. The SMILES string of the molecule is CNc1c([N+](=O)[O-])ccc2c(=O)c(-c3ccc(C4(NC(=O)OC(C)(C)C)CCC4)cc3)c(-c3ccccc3)oc12. The Morgan fingerprint density at radius 3 is 2.23 bits per heavy atom. The largest absolute Gasteiger partial charge is 0.453 e. The van der Waals surface area contributed by atoms with Crippen molar-refractivity contribution in [3.8, 4) is 22.5 Å². The van der Waals surface area contributed by atoms with Gasteiger partial charge in [-0.3, -0.25) is 14.9 Å². The molecule has 1 aliphatic rings. The number of fused-ring (bicyclic) bond motifs is 1. The molecule has 206 valence electrons. The highest BCUT2D eigenvalue weighted by atomic mass is 16.6. The smallest absolute Gasteiger partial charge is 0.408 e. The second-order valence-corrected chi connectivity index (χ2v) is 11.0. The summed E-state index contributed by atoms with van der Waals surface area (Å²) in [6.07, 6.45) is 2.08. The predicted octanol–water partition coefficient (Wildman–Crippen LogP) is 6.98. The fourth-order valence-electron chi connectivity index (χ4n) is 5.17. The van der Waals surface area contributed by atoms with Gasteiger partial charge in [0.25, 0.3) is 5.69 Å². The van der Waals surface area contributed by atoms with Crippen LogP contribution in [0.5, 0.6) is 0 Å². The van der Waals surface area contributed by atoms with E-state index in [1.54, 1.807) is 7.05 Å². The summed E-state index contributed by atoms with van der Waals surface area (Å²) in [5.74, 6) is 0.313.